The van der Waals surface area contributed by atoms with E-state index in [9.17, 15) is 0 Å². The third-order valence-electron chi connectivity index (χ3n) is 8.19. The van der Waals surface area contributed by atoms with Gasteiger partial charge in [-0.15, -0.1) is 0 Å². The van der Waals surface area contributed by atoms with Crippen LogP contribution in [0.1, 0.15) is 11.1 Å². The average molecular weight is 523 g/mol. The molecule has 0 fully saturated rings. The smallest absolute Gasteiger partial charge is 0.160 e. The van der Waals surface area contributed by atoms with E-state index >= 15 is 0 Å². The average Bonchev–Trinajstić information content (AvgIpc) is 3.44. The Labute approximate surface area is 239 Å². The highest BCUT2D eigenvalue weighted by molar-refractivity contribution is 5.95. The lowest BCUT2D eigenvalue weighted by Crippen LogP contribution is -1.98. The summed E-state index contributed by atoms with van der Waals surface area (Å²) in [6.07, 6.45) is 0.855. The Hall–Kier alpha value is -5.34. The fourth-order valence-corrected chi connectivity index (χ4v) is 6.20. The minimum Gasteiger partial charge on any atom is -0.228 e. The molecular formula is C39H26N2. The van der Waals surface area contributed by atoms with Crippen LogP contribution in [0.2, 0.25) is 0 Å². The molecule has 6 aromatic carbocycles. The molecule has 1 aromatic heterocycles. The van der Waals surface area contributed by atoms with Crippen LogP contribution in [-0.2, 0) is 6.42 Å². The molecule has 0 atom stereocenters. The van der Waals surface area contributed by atoms with Gasteiger partial charge in [0.05, 0.1) is 11.2 Å². The molecule has 1 heterocycles. The Kier molecular flexibility index (Phi) is 5.56. The summed E-state index contributed by atoms with van der Waals surface area (Å²) in [5.74, 6) is 0.779. The summed E-state index contributed by atoms with van der Waals surface area (Å²) >= 11 is 0. The first-order valence-corrected chi connectivity index (χ1v) is 14.1. The van der Waals surface area contributed by atoms with Crippen molar-refractivity contribution in [1.29, 1.82) is 0 Å². The molecular weight excluding hydrogens is 496 g/mol. The van der Waals surface area contributed by atoms with Gasteiger partial charge in [-0.05, 0) is 50.6 Å². The zero-order valence-corrected chi connectivity index (χ0v) is 22.5. The number of fused-ring (bicyclic) bond motifs is 4. The first kappa shape index (κ1) is 23.5. The van der Waals surface area contributed by atoms with Crippen molar-refractivity contribution in [3.05, 3.63) is 157 Å². The Morgan fingerprint density at radius 2 is 0.902 bits per heavy atom. The number of aromatic nitrogens is 2. The molecule has 0 spiro atoms. The van der Waals surface area contributed by atoms with Gasteiger partial charge < -0.3 is 0 Å². The molecule has 1 aliphatic carbocycles. The van der Waals surface area contributed by atoms with Gasteiger partial charge in [-0.2, -0.15) is 0 Å². The second-order valence-electron chi connectivity index (χ2n) is 10.6. The van der Waals surface area contributed by atoms with Crippen LogP contribution in [0, 0.1) is 0 Å². The van der Waals surface area contributed by atoms with Gasteiger partial charge in [0.25, 0.3) is 0 Å². The SMILES string of the molecule is c1ccc(-c2ccc(-c3cccc4c3Cc3c(-c5nc(-c6ccccc6)c6ccccc6n5)cccc3-4)cc2)cc1. The normalized spacial score (nSPS) is 11.8. The number of para-hydroxylation sites is 1. The van der Waals surface area contributed by atoms with E-state index in [1.54, 1.807) is 0 Å². The zero-order chi connectivity index (χ0) is 27.2. The van der Waals surface area contributed by atoms with Crippen molar-refractivity contribution < 1.29 is 0 Å². The molecule has 0 bridgehead atoms. The molecule has 7 aromatic rings. The molecule has 192 valence electrons. The van der Waals surface area contributed by atoms with Crippen molar-refractivity contribution >= 4 is 10.9 Å². The fraction of sp³-hybridized carbons (Fsp3) is 0.0256. The van der Waals surface area contributed by atoms with Crippen LogP contribution in [-0.4, -0.2) is 9.97 Å². The minimum atomic E-state index is 0.779. The molecule has 0 saturated heterocycles. The summed E-state index contributed by atoms with van der Waals surface area (Å²) in [6, 6.07) is 51.5. The third kappa shape index (κ3) is 4.04. The topological polar surface area (TPSA) is 25.8 Å². The summed E-state index contributed by atoms with van der Waals surface area (Å²) in [6.45, 7) is 0. The predicted octanol–water partition coefficient (Wildman–Crippen LogP) is 9.87. The van der Waals surface area contributed by atoms with Crippen LogP contribution in [0.25, 0.3) is 66.9 Å². The van der Waals surface area contributed by atoms with Crippen molar-refractivity contribution in [2.45, 2.75) is 6.42 Å². The highest BCUT2D eigenvalue weighted by Crippen LogP contribution is 2.45. The molecule has 2 nitrogen and oxygen atoms in total. The molecule has 0 unspecified atom stereocenters. The van der Waals surface area contributed by atoms with Gasteiger partial charge in [-0.1, -0.05) is 140 Å². The molecule has 2 heteroatoms. The van der Waals surface area contributed by atoms with Gasteiger partial charge in [0.15, 0.2) is 5.82 Å². The molecule has 0 aliphatic heterocycles. The van der Waals surface area contributed by atoms with E-state index in [0.717, 1.165) is 40.0 Å². The van der Waals surface area contributed by atoms with Gasteiger partial charge in [-0.25, -0.2) is 9.97 Å². The zero-order valence-electron chi connectivity index (χ0n) is 22.5. The lowest BCUT2D eigenvalue weighted by molar-refractivity contribution is 1.19. The standard InChI is InChI=1S/C39H26N2/c1-3-11-26(12-4-1)27-21-23-28(24-22-27)30-16-9-17-31-32-18-10-19-33(36(32)25-35(30)31)39-40-37-20-8-7-15-34(37)38(41-39)29-13-5-2-6-14-29/h1-24H,25H2. The van der Waals surface area contributed by atoms with E-state index in [0.29, 0.717) is 0 Å². The fourth-order valence-electron chi connectivity index (χ4n) is 6.20. The molecule has 0 N–H and O–H groups in total. The van der Waals surface area contributed by atoms with Gasteiger partial charge in [-0.3, -0.25) is 0 Å². The first-order valence-electron chi connectivity index (χ1n) is 14.1. The van der Waals surface area contributed by atoms with E-state index in [1.807, 2.05) is 6.07 Å². The van der Waals surface area contributed by atoms with Crippen LogP contribution >= 0.6 is 0 Å². The predicted molar refractivity (Wildman–Crippen MR) is 170 cm³/mol. The number of nitrogens with zero attached hydrogens (tertiary/aromatic N) is 2. The summed E-state index contributed by atoms with van der Waals surface area (Å²) in [4.78, 5) is 10.3. The summed E-state index contributed by atoms with van der Waals surface area (Å²) in [5, 5.41) is 1.07. The lowest BCUT2D eigenvalue weighted by Gasteiger charge is -2.12. The molecule has 0 amide bonds. The van der Waals surface area contributed by atoms with Gasteiger partial charge in [0, 0.05) is 22.9 Å². The summed E-state index contributed by atoms with van der Waals surface area (Å²) in [5.41, 5.74) is 14.4. The Morgan fingerprint density at radius 3 is 1.63 bits per heavy atom. The largest absolute Gasteiger partial charge is 0.228 e. The second kappa shape index (κ2) is 9.69. The summed E-state index contributed by atoms with van der Waals surface area (Å²) < 4.78 is 0. The van der Waals surface area contributed by atoms with E-state index in [2.05, 4.69) is 140 Å². The number of rotatable bonds is 4. The lowest BCUT2D eigenvalue weighted by atomic mass is 9.94. The Morgan fingerprint density at radius 1 is 0.366 bits per heavy atom. The highest BCUT2D eigenvalue weighted by Gasteiger charge is 2.25. The van der Waals surface area contributed by atoms with Crippen LogP contribution in [0.4, 0.5) is 0 Å². The Balaban J connectivity index is 1.23. The quantitative estimate of drug-likeness (QED) is 0.230. The molecule has 41 heavy (non-hydrogen) atoms. The molecule has 1 aliphatic rings. The molecule has 8 rings (SSSR count). The van der Waals surface area contributed by atoms with Crippen LogP contribution < -0.4 is 0 Å². The van der Waals surface area contributed by atoms with Crippen molar-refractivity contribution in [2.75, 3.05) is 0 Å². The third-order valence-corrected chi connectivity index (χ3v) is 8.19. The highest BCUT2D eigenvalue weighted by atomic mass is 14.9. The van der Waals surface area contributed by atoms with Gasteiger partial charge >= 0.3 is 0 Å². The first-order chi connectivity index (χ1) is 20.3. The maximum atomic E-state index is 5.19. The Bertz CT molecular complexity index is 2040. The van der Waals surface area contributed by atoms with Crippen molar-refractivity contribution in [3.63, 3.8) is 0 Å². The van der Waals surface area contributed by atoms with Gasteiger partial charge in [0.1, 0.15) is 0 Å². The van der Waals surface area contributed by atoms with Crippen LogP contribution in [0.3, 0.4) is 0 Å². The van der Waals surface area contributed by atoms with E-state index in [1.165, 1.54) is 44.5 Å². The number of benzene rings is 6. The van der Waals surface area contributed by atoms with E-state index in [4.69, 9.17) is 9.97 Å². The molecule has 0 saturated carbocycles. The van der Waals surface area contributed by atoms with Crippen molar-refractivity contribution in [2.24, 2.45) is 0 Å². The maximum Gasteiger partial charge on any atom is 0.160 e. The monoisotopic (exact) mass is 522 g/mol. The van der Waals surface area contributed by atoms with Gasteiger partial charge in [0.2, 0.25) is 0 Å². The van der Waals surface area contributed by atoms with Crippen LogP contribution in [0.15, 0.2) is 146 Å². The number of hydrogen-bond acceptors (Lipinski definition) is 2. The van der Waals surface area contributed by atoms with Crippen LogP contribution in [0.5, 0.6) is 0 Å². The van der Waals surface area contributed by atoms with Crippen molar-refractivity contribution in [1.82, 2.24) is 9.97 Å². The minimum absolute atomic E-state index is 0.779. The number of hydrogen-bond donors (Lipinski definition) is 0. The van der Waals surface area contributed by atoms with E-state index in [-0.39, 0.29) is 0 Å². The maximum absolute atomic E-state index is 5.19. The summed E-state index contributed by atoms with van der Waals surface area (Å²) in [7, 11) is 0. The molecule has 0 radical (unpaired) electrons. The van der Waals surface area contributed by atoms with Crippen molar-refractivity contribution in [3.8, 4) is 56.0 Å². The second-order valence-corrected chi connectivity index (χ2v) is 10.6. The van der Waals surface area contributed by atoms with E-state index < -0.39 is 0 Å².